The second-order valence-electron chi connectivity index (χ2n) is 7.92. The Morgan fingerprint density at radius 1 is 1.07 bits per heavy atom. The summed E-state index contributed by atoms with van der Waals surface area (Å²) in [6.45, 7) is 5.36. The van der Waals surface area contributed by atoms with E-state index in [9.17, 15) is 4.79 Å². The molecule has 1 fully saturated rings. The Balaban J connectivity index is 1.48. The third-order valence-corrected chi connectivity index (χ3v) is 5.86. The molecule has 0 bridgehead atoms. The van der Waals surface area contributed by atoms with E-state index in [1.54, 1.807) is 20.3 Å². The van der Waals surface area contributed by atoms with Crippen LogP contribution in [0.25, 0.3) is 0 Å². The molecule has 1 aromatic carbocycles. The molecular formula is C22H28N4O3. The first-order chi connectivity index (χ1) is 14.1. The van der Waals surface area contributed by atoms with Gasteiger partial charge in [0.15, 0.2) is 23.0 Å². The Morgan fingerprint density at radius 2 is 1.83 bits per heavy atom. The van der Waals surface area contributed by atoms with Crippen LogP contribution in [0.3, 0.4) is 0 Å². The van der Waals surface area contributed by atoms with E-state index < -0.39 is 0 Å². The van der Waals surface area contributed by atoms with Crippen molar-refractivity contribution in [2.24, 2.45) is 5.92 Å². The van der Waals surface area contributed by atoms with Gasteiger partial charge in [-0.1, -0.05) is 6.92 Å². The quantitative estimate of drug-likeness (QED) is 0.792. The molecule has 2 aromatic rings. The fourth-order valence-electron chi connectivity index (χ4n) is 4.22. The molecule has 3 heterocycles. The number of anilines is 1. The predicted molar refractivity (Wildman–Crippen MR) is 111 cm³/mol. The van der Waals surface area contributed by atoms with Crippen LogP contribution >= 0.6 is 0 Å². The van der Waals surface area contributed by atoms with Crippen molar-refractivity contribution in [2.75, 3.05) is 38.8 Å². The molecule has 1 unspecified atom stereocenters. The number of carbonyl (C=O) groups is 1. The zero-order chi connectivity index (χ0) is 20.4. The highest BCUT2D eigenvalue weighted by Gasteiger charge is 2.24. The smallest absolute Gasteiger partial charge is 0.274 e. The van der Waals surface area contributed by atoms with Crippen molar-refractivity contribution in [3.63, 3.8) is 0 Å². The van der Waals surface area contributed by atoms with Crippen molar-refractivity contribution in [1.29, 1.82) is 0 Å². The molecule has 2 aliphatic rings. The van der Waals surface area contributed by atoms with E-state index in [0.717, 1.165) is 56.3 Å². The van der Waals surface area contributed by atoms with Crippen LogP contribution in [0.4, 0.5) is 5.82 Å². The van der Waals surface area contributed by atoms with Gasteiger partial charge in [0.05, 0.1) is 14.2 Å². The highest BCUT2D eigenvalue weighted by Crippen LogP contribution is 2.34. The van der Waals surface area contributed by atoms with Crippen LogP contribution in [0.1, 0.15) is 41.4 Å². The normalized spacial score (nSPS) is 18.9. The maximum absolute atomic E-state index is 12.7. The van der Waals surface area contributed by atoms with E-state index in [0.29, 0.717) is 11.6 Å². The van der Waals surface area contributed by atoms with Gasteiger partial charge in [-0.05, 0) is 60.6 Å². The maximum atomic E-state index is 12.7. The van der Waals surface area contributed by atoms with Gasteiger partial charge in [-0.25, -0.2) is 0 Å². The number of piperidine rings is 1. The van der Waals surface area contributed by atoms with Crippen LogP contribution in [0.2, 0.25) is 0 Å². The average molecular weight is 396 g/mol. The predicted octanol–water partition coefficient (Wildman–Crippen LogP) is 2.93. The van der Waals surface area contributed by atoms with E-state index in [1.165, 1.54) is 17.5 Å². The minimum Gasteiger partial charge on any atom is -0.493 e. The van der Waals surface area contributed by atoms with Crippen LogP contribution in [-0.4, -0.2) is 54.9 Å². The third kappa shape index (κ3) is 3.99. The van der Waals surface area contributed by atoms with Crippen molar-refractivity contribution in [3.8, 4) is 11.5 Å². The molecule has 7 heteroatoms. The minimum atomic E-state index is -0.0172. The summed E-state index contributed by atoms with van der Waals surface area (Å²) in [5.74, 6) is 2.81. The van der Waals surface area contributed by atoms with Gasteiger partial charge in [0.2, 0.25) is 0 Å². The molecule has 1 saturated heterocycles. The number of fused-ring (bicyclic) bond motifs is 1. The van der Waals surface area contributed by atoms with Crippen LogP contribution < -0.4 is 14.4 Å². The zero-order valence-corrected chi connectivity index (χ0v) is 17.4. The molecule has 154 valence electrons. The van der Waals surface area contributed by atoms with Crippen LogP contribution in [-0.2, 0) is 13.0 Å². The summed E-state index contributed by atoms with van der Waals surface area (Å²) in [5, 5.41) is 8.60. The SMILES string of the molecule is COc1cc2c(cc1OC)CN(c1ccc(C(=O)N3CCCC(C)C3)nn1)CC2. The van der Waals surface area contributed by atoms with Gasteiger partial charge in [-0.3, -0.25) is 4.79 Å². The average Bonchev–Trinajstić information content (AvgIpc) is 2.77. The largest absolute Gasteiger partial charge is 0.493 e. The zero-order valence-electron chi connectivity index (χ0n) is 17.4. The lowest BCUT2D eigenvalue weighted by Crippen LogP contribution is -2.39. The number of methoxy groups -OCH3 is 2. The van der Waals surface area contributed by atoms with Crippen LogP contribution in [0.15, 0.2) is 24.3 Å². The minimum absolute atomic E-state index is 0.0172. The van der Waals surface area contributed by atoms with Gasteiger partial charge >= 0.3 is 0 Å². The Kier molecular flexibility index (Phi) is 5.56. The highest BCUT2D eigenvalue weighted by atomic mass is 16.5. The molecule has 0 aliphatic carbocycles. The Bertz CT molecular complexity index is 884. The molecule has 0 N–H and O–H groups in total. The molecule has 1 aromatic heterocycles. The van der Waals surface area contributed by atoms with Crippen molar-refractivity contribution < 1.29 is 14.3 Å². The number of carbonyl (C=O) groups excluding carboxylic acids is 1. The molecule has 7 nitrogen and oxygen atoms in total. The summed E-state index contributed by atoms with van der Waals surface area (Å²) in [6, 6.07) is 7.79. The molecular weight excluding hydrogens is 368 g/mol. The number of likely N-dealkylation sites (tertiary alicyclic amines) is 1. The number of nitrogens with zero attached hydrogens (tertiary/aromatic N) is 4. The van der Waals surface area contributed by atoms with Gasteiger partial charge in [0.1, 0.15) is 0 Å². The number of hydrogen-bond donors (Lipinski definition) is 0. The molecule has 0 radical (unpaired) electrons. The first-order valence-electron chi connectivity index (χ1n) is 10.2. The van der Waals surface area contributed by atoms with Gasteiger partial charge in [-0.15, -0.1) is 10.2 Å². The van der Waals surface area contributed by atoms with Gasteiger partial charge in [0.25, 0.3) is 5.91 Å². The molecule has 1 atom stereocenters. The van der Waals surface area contributed by atoms with E-state index in [1.807, 2.05) is 17.0 Å². The lowest BCUT2D eigenvalue weighted by atomic mass is 9.99. The fourth-order valence-corrected chi connectivity index (χ4v) is 4.22. The number of amides is 1. The van der Waals surface area contributed by atoms with Crippen molar-refractivity contribution in [1.82, 2.24) is 15.1 Å². The van der Waals surface area contributed by atoms with Crippen molar-refractivity contribution in [3.05, 3.63) is 41.1 Å². The third-order valence-electron chi connectivity index (χ3n) is 5.86. The Hall–Kier alpha value is -2.83. The van der Waals surface area contributed by atoms with Crippen molar-refractivity contribution in [2.45, 2.75) is 32.7 Å². The van der Waals surface area contributed by atoms with E-state index in [4.69, 9.17) is 9.47 Å². The Labute approximate surface area is 171 Å². The number of benzene rings is 1. The first kappa shape index (κ1) is 19.5. The standard InChI is InChI=1S/C22H28N4O3/c1-15-5-4-9-26(13-15)22(27)18-6-7-21(24-23-18)25-10-8-16-11-19(28-2)20(29-3)12-17(16)14-25/h6-7,11-12,15H,4-5,8-10,13-14H2,1-3H3. The topological polar surface area (TPSA) is 67.8 Å². The molecule has 0 saturated carbocycles. The summed E-state index contributed by atoms with van der Waals surface area (Å²) in [6.07, 6.45) is 3.13. The first-order valence-corrected chi connectivity index (χ1v) is 10.2. The number of aromatic nitrogens is 2. The lowest BCUT2D eigenvalue weighted by Gasteiger charge is -2.31. The number of rotatable bonds is 4. The van der Waals surface area contributed by atoms with E-state index >= 15 is 0 Å². The van der Waals surface area contributed by atoms with Gasteiger partial charge < -0.3 is 19.3 Å². The molecule has 1 amide bonds. The summed E-state index contributed by atoms with van der Waals surface area (Å²) < 4.78 is 10.8. The van der Waals surface area contributed by atoms with Gasteiger partial charge in [-0.2, -0.15) is 0 Å². The summed E-state index contributed by atoms with van der Waals surface area (Å²) in [5.41, 5.74) is 2.88. The summed E-state index contributed by atoms with van der Waals surface area (Å²) in [4.78, 5) is 16.8. The van der Waals surface area contributed by atoms with E-state index in [2.05, 4.69) is 28.1 Å². The highest BCUT2D eigenvalue weighted by molar-refractivity contribution is 5.92. The fraction of sp³-hybridized carbons (Fsp3) is 0.500. The summed E-state index contributed by atoms with van der Waals surface area (Å²) in [7, 11) is 3.30. The number of ether oxygens (including phenoxy) is 2. The molecule has 2 aliphatic heterocycles. The maximum Gasteiger partial charge on any atom is 0.274 e. The van der Waals surface area contributed by atoms with Crippen LogP contribution in [0.5, 0.6) is 11.5 Å². The molecule has 29 heavy (non-hydrogen) atoms. The Morgan fingerprint density at radius 3 is 2.48 bits per heavy atom. The van der Waals surface area contributed by atoms with Crippen molar-refractivity contribution >= 4 is 11.7 Å². The van der Waals surface area contributed by atoms with Crippen LogP contribution in [0, 0.1) is 5.92 Å². The molecule has 0 spiro atoms. The second-order valence-corrected chi connectivity index (χ2v) is 7.92. The number of hydrogen-bond acceptors (Lipinski definition) is 6. The second kappa shape index (κ2) is 8.27. The molecule has 4 rings (SSSR count). The van der Waals surface area contributed by atoms with Gasteiger partial charge in [0, 0.05) is 26.2 Å². The monoisotopic (exact) mass is 396 g/mol. The van der Waals surface area contributed by atoms with E-state index in [-0.39, 0.29) is 5.91 Å². The lowest BCUT2D eigenvalue weighted by molar-refractivity contribution is 0.0676. The summed E-state index contributed by atoms with van der Waals surface area (Å²) >= 11 is 0.